The maximum Gasteiger partial charge on any atom is 0.232 e. The summed E-state index contributed by atoms with van der Waals surface area (Å²) >= 11 is 0. The van der Waals surface area contributed by atoms with Crippen LogP contribution in [0, 0.1) is 5.92 Å². The number of nitrogens with zero attached hydrogens (tertiary/aromatic N) is 1. The average molecular weight is 352 g/mol. The first-order valence-corrected chi connectivity index (χ1v) is 9.47. The minimum atomic E-state index is -0.139. The molecule has 1 fully saturated rings. The number of carbonyl (C=O) groups is 1. The molecule has 4 nitrogen and oxygen atoms in total. The smallest absolute Gasteiger partial charge is 0.232 e. The SMILES string of the molecule is CCC(C)C(C(=O)Nc1ccc(N2CCOCC2)cc1)c1ccccc1. The van der Waals surface area contributed by atoms with E-state index in [1.54, 1.807) is 0 Å². The number of ether oxygens (including phenoxy) is 1. The van der Waals surface area contributed by atoms with Crippen LogP contribution in [0.25, 0.3) is 0 Å². The Hall–Kier alpha value is -2.33. The number of anilines is 2. The van der Waals surface area contributed by atoms with Crippen LogP contribution in [-0.2, 0) is 9.53 Å². The third-order valence-corrected chi connectivity index (χ3v) is 5.17. The van der Waals surface area contributed by atoms with Gasteiger partial charge in [-0.1, -0.05) is 50.6 Å². The van der Waals surface area contributed by atoms with Gasteiger partial charge in [-0.3, -0.25) is 4.79 Å². The first kappa shape index (κ1) is 18.5. The molecule has 1 saturated heterocycles. The molecular weight excluding hydrogens is 324 g/mol. The lowest BCUT2D eigenvalue weighted by molar-refractivity contribution is -0.118. The molecule has 4 heteroatoms. The molecule has 1 heterocycles. The number of nitrogens with one attached hydrogen (secondary N) is 1. The molecule has 2 aromatic rings. The van der Waals surface area contributed by atoms with Gasteiger partial charge in [-0.25, -0.2) is 0 Å². The van der Waals surface area contributed by atoms with Gasteiger partial charge in [-0.05, 0) is 35.7 Å². The van der Waals surface area contributed by atoms with Crippen molar-refractivity contribution < 1.29 is 9.53 Å². The van der Waals surface area contributed by atoms with E-state index in [9.17, 15) is 4.79 Å². The largest absolute Gasteiger partial charge is 0.378 e. The van der Waals surface area contributed by atoms with Crippen molar-refractivity contribution in [3.63, 3.8) is 0 Å². The van der Waals surface area contributed by atoms with Gasteiger partial charge in [0.05, 0.1) is 19.1 Å². The first-order valence-electron chi connectivity index (χ1n) is 9.47. The van der Waals surface area contributed by atoms with E-state index in [0.29, 0.717) is 0 Å². The lowest BCUT2D eigenvalue weighted by Crippen LogP contribution is -2.36. The summed E-state index contributed by atoms with van der Waals surface area (Å²) in [5.41, 5.74) is 3.09. The Labute approximate surface area is 156 Å². The zero-order valence-corrected chi connectivity index (χ0v) is 15.7. The van der Waals surface area contributed by atoms with Crippen molar-refractivity contribution in [3.8, 4) is 0 Å². The Kier molecular flexibility index (Phi) is 6.29. The summed E-state index contributed by atoms with van der Waals surface area (Å²) in [5.74, 6) is 0.204. The molecule has 2 unspecified atom stereocenters. The summed E-state index contributed by atoms with van der Waals surface area (Å²) in [6.45, 7) is 7.63. The van der Waals surface area contributed by atoms with E-state index in [-0.39, 0.29) is 17.7 Å². The summed E-state index contributed by atoms with van der Waals surface area (Å²) in [6, 6.07) is 18.2. The Balaban J connectivity index is 1.70. The number of carbonyl (C=O) groups excluding carboxylic acids is 1. The number of rotatable bonds is 6. The fourth-order valence-corrected chi connectivity index (χ4v) is 3.43. The van der Waals surface area contributed by atoms with Crippen LogP contribution < -0.4 is 10.2 Å². The molecule has 0 bridgehead atoms. The second kappa shape index (κ2) is 8.86. The minimum Gasteiger partial charge on any atom is -0.378 e. The number of amides is 1. The summed E-state index contributed by atoms with van der Waals surface area (Å²) in [5, 5.41) is 3.10. The van der Waals surface area contributed by atoms with E-state index in [2.05, 4.69) is 36.2 Å². The molecule has 1 N–H and O–H groups in total. The predicted molar refractivity (Wildman–Crippen MR) is 107 cm³/mol. The standard InChI is InChI=1S/C22H28N2O2/c1-3-17(2)21(18-7-5-4-6-8-18)22(25)23-19-9-11-20(12-10-19)24-13-15-26-16-14-24/h4-12,17,21H,3,13-16H2,1-2H3,(H,23,25). The lowest BCUT2D eigenvalue weighted by Gasteiger charge is -2.29. The first-order chi connectivity index (χ1) is 12.7. The molecule has 0 aromatic heterocycles. The number of hydrogen-bond donors (Lipinski definition) is 1. The number of morpholine rings is 1. The Bertz CT molecular complexity index is 694. The molecule has 1 aliphatic rings. The molecule has 2 atom stereocenters. The van der Waals surface area contributed by atoms with E-state index in [4.69, 9.17) is 4.74 Å². The summed E-state index contributed by atoms with van der Waals surface area (Å²) in [7, 11) is 0. The van der Waals surface area contributed by atoms with E-state index in [1.165, 1.54) is 5.69 Å². The normalized spacial score (nSPS) is 16.8. The van der Waals surface area contributed by atoms with Crippen molar-refractivity contribution in [2.24, 2.45) is 5.92 Å². The van der Waals surface area contributed by atoms with Crippen molar-refractivity contribution in [2.45, 2.75) is 26.2 Å². The number of benzene rings is 2. The van der Waals surface area contributed by atoms with Crippen LogP contribution in [0.4, 0.5) is 11.4 Å². The molecular formula is C22H28N2O2. The molecule has 0 saturated carbocycles. The van der Waals surface area contributed by atoms with Crippen LogP contribution in [-0.4, -0.2) is 32.2 Å². The zero-order chi connectivity index (χ0) is 18.4. The molecule has 2 aromatic carbocycles. The fourth-order valence-electron chi connectivity index (χ4n) is 3.43. The van der Waals surface area contributed by atoms with Gasteiger partial charge in [0.1, 0.15) is 0 Å². The Morgan fingerprint density at radius 2 is 1.73 bits per heavy atom. The Morgan fingerprint density at radius 3 is 2.35 bits per heavy atom. The van der Waals surface area contributed by atoms with Crippen molar-refractivity contribution in [3.05, 3.63) is 60.2 Å². The van der Waals surface area contributed by atoms with Gasteiger partial charge < -0.3 is 15.0 Å². The maximum absolute atomic E-state index is 13.0. The van der Waals surface area contributed by atoms with Gasteiger partial charge in [0, 0.05) is 24.5 Å². The number of hydrogen-bond acceptors (Lipinski definition) is 3. The van der Waals surface area contributed by atoms with Crippen LogP contribution in [0.15, 0.2) is 54.6 Å². The highest BCUT2D eigenvalue weighted by molar-refractivity contribution is 5.96. The third-order valence-electron chi connectivity index (χ3n) is 5.17. The lowest BCUT2D eigenvalue weighted by atomic mass is 9.85. The van der Waals surface area contributed by atoms with Gasteiger partial charge in [-0.2, -0.15) is 0 Å². The maximum atomic E-state index is 13.0. The Morgan fingerprint density at radius 1 is 1.08 bits per heavy atom. The van der Waals surface area contributed by atoms with E-state index in [1.807, 2.05) is 42.5 Å². The molecule has 0 radical (unpaired) electrons. The van der Waals surface area contributed by atoms with Crippen LogP contribution in [0.5, 0.6) is 0 Å². The highest BCUT2D eigenvalue weighted by Crippen LogP contribution is 2.29. The van der Waals surface area contributed by atoms with E-state index < -0.39 is 0 Å². The second-order valence-corrected chi connectivity index (χ2v) is 6.91. The highest BCUT2D eigenvalue weighted by atomic mass is 16.5. The van der Waals surface area contributed by atoms with Crippen molar-refractivity contribution in [2.75, 3.05) is 36.5 Å². The highest BCUT2D eigenvalue weighted by Gasteiger charge is 2.25. The monoisotopic (exact) mass is 352 g/mol. The van der Waals surface area contributed by atoms with Crippen LogP contribution in [0.2, 0.25) is 0 Å². The molecule has 0 spiro atoms. The molecule has 138 valence electrons. The van der Waals surface area contributed by atoms with Crippen LogP contribution in [0.1, 0.15) is 31.7 Å². The topological polar surface area (TPSA) is 41.6 Å². The summed E-state index contributed by atoms with van der Waals surface area (Å²) < 4.78 is 5.40. The van der Waals surface area contributed by atoms with E-state index >= 15 is 0 Å². The quantitative estimate of drug-likeness (QED) is 0.843. The third kappa shape index (κ3) is 4.44. The van der Waals surface area contributed by atoms with Gasteiger partial charge in [0.15, 0.2) is 0 Å². The minimum absolute atomic E-state index is 0.0599. The average Bonchev–Trinajstić information content (AvgIpc) is 2.70. The fraction of sp³-hybridized carbons (Fsp3) is 0.409. The summed E-state index contributed by atoms with van der Waals surface area (Å²) in [6.07, 6.45) is 0.961. The van der Waals surface area contributed by atoms with Gasteiger partial charge in [0.2, 0.25) is 5.91 Å². The van der Waals surface area contributed by atoms with Crippen LogP contribution >= 0.6 is 0 Å². The van der Waals surface area contributed by atoms with Gasteiger partial charge >= 0.3 is 0 Å². The second-order valence-electron chi connectivity index (χ2n) is 6.91. The van der Waals surface area contributed by atoms with Gasteiger partial charge in [0.25, 0.3) is 0 Å². The molecule has 3 rings (SSSR count). The molecule has 1 aliphatic heterocycles. The molecule has 26 heavy (non-hydrogen) atoms. The molecule has 1 amide bonds. The van der Waals surface area contributed by atoms with Crippen LogP contribution in [0.3, 0.4) is 0 Å². The van der Waals surface area contributed by atoms with Crippen molar-refractivity contribution in [1.29, 1.82) is 0 Å². The predicted octanol–water partition coefficient (Wildman–Crippen LogP) is 4.29. The van der Waals surface area contributed by atoms with Crippen molar-refractivity contribution >= 4 is 17.3 Å². The van der Waals surface area contributed by atoms with E-state index in [0.717, 1.165) is 44.0 Å². The zero-order valence-electron chi connectivity index (χ0n) is 15.7. The van der Waals surface area contributed by atoms with Crippen molar-refractivity contribution in [1.82, 2.24) is 0 Å². The molecule has 0 aliphatic carbocycles. The summed E-state index contributed by atoms with van der Waals surface area (Å²) in [4.78, 5) is 15.3. The van der Waals surface area contributed by atoms with Gasteiger partial charge in [-0.15, -0.1) is 0 Å².